The number of hydrogen-bond donors (Lipinski definition) is 2. The van der Waals surface area contributed by atoms with Crippen molar-refractivity contribution in [1.29, 1.82) is 0 Å². The fraction of sp³-hybridized carbons (Fsp3) is 0.667. The van der Waals surface area contributed by atoms with Gasteiger partial charge >= 0.3 is 0 Å². The van der Waals surface area contributed by atoms with Crippen molar-refractivity contribution in [3.8, 4) is 0 Å². The molecule has 4 heteroatoms. The highest BCUT2D eigenvalue weighted by Crippen LogP contribution is 2.29. The summed E-state index contributed by atoms with van der Waals surface area (Å²) in [5, 5.41) is 12.3. The zero-order chi connectivity index (χ0) is 13.7. The van der Waals surface area contributed by atoms with Crippen molar-refractivity contribution < 1.29 is 5.11 Å². The zero-order valence-electron chi connectivity index (χ0n) is 12.0. The first-order chi connectivity index (χ1) is 9.26. The monoisotopic (exact) mass is 263 g/mol. The van der Waals surface area contributed by atoms with Gasteiger partial charge in [-0.1, -0.05) is 6.07 Å². The second-order valence-corrected chi connectivity index (χ2v) is 5.32. The molecule has 0 saturated heterocycles. The number of nitrogens with one attached hydrogen (secondary N) is 1. The summed E-state index contributed by atoms with van der Waals surface area (Å²) in [5.74, 6) is 1.05. The quantitative estimate of drug-likeness (QED) is 0.791. The molecule has 1 atom stereocenters. The summed E-state index contributed by atoms with van der Waals surface area (Å²) >= 11 is 0. The third-order valence-electron chi connectivity index (χ3n) is 4.07. The summed E-state index contributed by atoms with van der Waals surface area (Å²) in [6.45, 7) is 3.28. The van der Waals surface area contributed by atoms with Gasteiger partial charge in [-0.05, 0) is 51.3 Å². The molecule has 1 aliphatic rings. The molecule has 1 aliphatic carbocycles. The first-order valence-corrected chi connectivity index (χ1v) is 7.27. The van der Waals surface area contributed by atoms with Gasteiger partial charge in [-0.3, -0.25) is 0 Å². The minimum absolute atomic E-state index is 0.248. The van der Waals surface area contributed by atoms with Crippen LogP contribution in [0.25, 0.3) is 0 Å². The van der Waals surface area contributed by atoms with E-state index in [4.69, 9.17) is 5.11 Å². The van der Waals surface area contributed by atoms with Crippen molar-refractivity contribution in [2.24, 2.45) is 0 Å². The lowest BCUT2D eigenvalue weighted by molar-refractivity contribution is 0.282. The molecule has 1 saturated carbocycles. The molecule has 0 aliphatic heterocycles. The topological polar surface area (TPSA) is 48.4 Å². The SMILES string of the molecule is CNC(C)c1ccc(N(CCCO)C2CCC2)nc1. The molecule has 1 fully saturated rings. The van der Waals surface area contributed by atoms with E-state index >= 15 is 0 Å². The van der Waals surface area contributed by atoms with Crippen molar-refractivity contribution in [3.05, 3.63) is 23.9 Å². The Morgan fingerprint density at radius 2 is 2.26 bits per heavy atom. The molecule has 0 spiro atoms. The van der Waals surface area contributed by atoms with Crippen molar-refractivity contribution in [1.82, 2.24) is 10.3 Å². The number of anilines is 1. The lowest BCUT2D eigenvalue weighted by atomic mass is 9.91. The number of hydrogen-bond acceptors (Lipinski definition) is 4. The summed E-state index contributed by atoms with van der Waals surface area (Å²) in [6.07, 6.45) is 6.59. The van der Waals surface area contributed by atoms with Gasteiger partial charge in [0, 0.05) is 31.4 Å². The molecule has 1 heterocycles. The van der Waals surface area contributed by atoms with Gasteiger partial charge in [0.25, 0.3) is 0 Å². The highest BCUT2D eigenvalue weighted by atomic mass is 16.3. The molecule has 1 unspecified atom stereocenters. The molecule has 0 aromatic carbocycles. The number of aliphatic hydroxyl groups is 1. The summed E-state index contributed by atoms with van der Waals surface area (Å²) in [7, 11) is 1.96. The Balaban J connectivity index is 2.07. The van der Waals surface area contributed by atoms with Gasteiger partial charge in [0.15, 0.2) is 0 Å². The molecule has 0 radical (unpaired) electrons. The Hall–Kier alpha value is -1.13. The highest BCUT2D eigenvalue weighted by Gasteiger charge is 2.25. The largest absolute Gasteiger partial charge is 0.396 e. The van der Waals surface area contributed by atoms with Gasteiger partial charge in [0.2, 0.25) is 0 Å². The van der Waals surface area contributed by atoms with Crippen LogP contribution in [0.15, 0.2) is 18.3 Å². The first kappa shape index (κ1) is 14.3. The van der Waals surface area contributed by atoms with Gasteiger partial charge < -0.3 is 15.3 Å². The lowest BCUT2D eigenvalue weighted by Crippen LogP contribution is -2.41. The number of aromatic nitrogens is 1. The van der Waals surface area contributed by atoms with E-state index in [1.165, 1.54) is 24.8 Å². The van der Waals surface area contributed by atoms with Crippen LogP contribution in [0, 0.1) is 0 Å². The van der Waals surface area contributed by atoms with E-state index in [0.29, 0.717) is 12.1 Å². The predicted octanol–water partition coefficient (Wildman–Crippen LogP) is 2.10. The van der Waals surface area contributed by atoms with E-state index < -0.39 is 0 Å². The Bertz CT molecular complexity index is 375. The fourth-order valence-electron chi connectivity index (χ4n) is 2.41. The number of pyridine rings is 1. The molecule has 0 amide bonds. The van der Waals surface area contributed by atoms with E-state index in [2.05, 4.69) is 34.3 Å². The van der Waals surface area contributed by atoms with Crippen LogP contribution in [0.1, 0.15) is 44.2 Å². The lowest BCUT2D eigenvalue weighted by Gasteiger charge is -2.38. The van der Waals surface area contributed by atoms with Crippen LogP contribution >= 0.6 is 0 Å². The molecule has 0 bridgehead atoms. The fourth-order valence-corrected chi connectivity index (χ4v) is 2.41. The number of aliphatic hydroxyl groups excluding tert-OH is 1. The molecule has 2 N–H and O–H groups in total. The molecule has 4 nitrogen and oxygen atoms in total. The number of rotatable bonds is 7. The van der Waals surface area contributed by atoms with Crippen molar-refractivity contribution in [2.45, 2.75) is 44.7 Å². The van der Waals surface area contributed by atoms with Crippen LogP contribution in [-0.2, 0) is 0 Å². The van der Waals surface area contributed by atoms with E-state index in [0.717, 1.165) is 18.8 Å². The molecular formula is C15H25N3O. The maximum Gasteiger partial charge on any atom is 0.128 e. The highest BCUT2D eigenvalue weighted by molar-refractivity contribution is 5.41. The van der Waals surface area contributed by atoms with E-state index in [1.54, 1.807) is 0 Å². The van der Waals surface area contributed by atoms with E-state index in [9.17, 15) is 0 Å². The standard InChI is InChI=1S/C15H25N3O/c1-12(16-2)13-7-8-15(17-11-13)18(9-4-10-19)14-5-3-6-14/h7-8,11-12,14,16,19H,3-6,9-10H2,1-2H3. The average Bonchev–Trinajstić information content (AvgIpc) is 2.40. The van der Waals surface area contributed by atoms with Gasteiger partial charge in [0.1, 0.15) is 5.82 Å². The normalized spacial score (nSPS) is 17.0. The minimum atomic E-state index is 0.248. The summed E-state index contributed by atoms with van der Waals surface area (Å²) < 4.78 is 0. The molecule has 2 rings (SSSR count). The average molecular weight is 263 g/mol. The van der Waals surface area contributed by atoms with Crippen LogP contribution in [0.3, 0.4) is 0 Å². The zero-order valence-corrected chi connectivity index (χ0v) is 12.0. The Morgan fingerprint density at radius 1 is 1.47 bits per heavy atom. The van der Waals surface area contributed by atoms with E-state index in [1.807, 2.05) is 13.2 Å². The Morgan fingerprint density at radius 3 is 2.74 bits per heavy atom. The maximum absolute atomic E-state index is 9.03. The van der Waals surface area contributed by atoms with Gasteiger partial charge in [-0.25, -0.2) is 4.98 Å². The van der Waals surface area contributed by atoms with Crippen molar-refractivity contribution in [2.75, 3.05) is 25.1 Å². The molecule has 106 valence electrons. The molecule has 1 aromatic heterocycles. The van der Waals surface area contributed by atoms with Crippen LogP contribution < -0.4 is 10.2 Å². The summed E-state index contributed by atoms with van der Waals surface area (Å²) in [4.78, 5) is 6.96. The second-order valence-electron chi connectivity index (χ2n) is 5.32. The van der Waals surface area contributed by atoms with Crippen molar-refractivity contribution in [3.63, 3.8) is 0 Å². The predicted molar refractivity (Wildman–Crippen MR) is 78.4 cm³/mol. The first-order valence-electron chi connectivity index (χ1n) is 7.27. The smallest absolute Gasteiger partial charge is 0.128 e. The Kier molecular flexibility index (Phi) is 5.16. The van der Waals surface area contributed by atoms with E-state index in [-0.39, 0.29) is 6.61 Å². The maximum atomic E-state index is 9.03. The third kappa shape index (κ3) is 3.45. The third-order valence-corrected chi connectivity index (χ3v) is 4.07. The number of nitrogens with zero attached hydrogens (tertiary/aromatic N) is 2. The van der Waals surface area contributed by atoms with Crippen molar-refractivity contribution >= 4 is 5.82 Å². The molecule has 19 heavy (non-hydrogen) atoms. The van der Waals surface area contributed by atoms with Gasteiger partial charge in [-0.15, -0.1) is 0 Å². The second kappa shape index (κ2) is 6.87. The molecular weight excluding hydrogens is 238 g/mol. The van der Waals surface area contributed by atoms with Crippen LogP contribution in [-0.4, -0.2) is 36.3 Å². The van der Waals surface area contributed by atoms with Crippen LogP contribution in [0.2, 0.25) is 0 Å². The van der Waals surface area contributed by atoms with Crippen LogP contribution in [0.5, 0.6) is 0 Å². The minimum Gasteiger partial charge on any atom is -0.396 e. The Labute approximate surface area is 115 Å². The van der Waals surface area contributed by atoms with Crippen LogP contribution in [0.4, 0.5) is 5.82 Å². The molecule has 1 aromatic rings. The van der Waals surface area contributed by atoms with Gasteiger partial charge in [-0.2, -0.15) is 0 Å². The van der Waals surface area contributed by atoms with Gasteiger partial charge in [0.05, 0.1) is 0 Å². The summed E-state index contributed by atoms with van der Waals surface area (Å²) in [6, 6.07) is 5.20. The summed E-state index contributed by atoms with van der Waals surface area (Å²) in [5.41, 5.74) is 1.21.